The highest BCUT2D eigenvalue weighted by Crippen LogP contribution is 2.38. The Kier molecular flexibility index (Phi) is 47.3. The van der Waals surface area contributed by atoms with Gasteiger partial charge in [-0.05, 0) is 77.0 Å². The highest BCUT2D eigenvalue weighted by Gasteiger charge is 2.20. The highest BCUT2D eigenvalue weighted by atomic mass is 31.2. The average Bonchev–Trinajstić information content (AvgIpc) is 3.27. The molecule has 0 spiro atoms. The molecule has 380 valence electrons. The Balaban J connectivity index is 4.10. The Morgan fingerprint density at radius 2 is 0.892 bits per heavy atom. The van der Waals surface area contributed by atoms with E-state index in [-0.39, 0.29) is 25.8 Å². The van der Waals surface area contributed by atoms with Crippen molar-refractivity contribution in [1.82, 2.24) is 0 Å². The van der Waals surface area contributed by atoms with Crippen LogP contribution in [0.3, 0.4) is 0 Å². The molecule has 2 unspecified atom stereocenters. The molecule has 0 aliphatic carbocycles. The molecule has 0 aliphatic heterocycles. The first-order valence-electron chi connectivity index (χ1n) is 27.0. The van der Waals surface area contributed by atoms with Gasteiger partial charge in [-0.3, -0.25) is 9.36 Å². The summed E-state index contributed by atoms with van der Waals surface area (Å²) in [5.74, 6) is -0.337. The first-order chi connectivity index (χ1) is 31.6. The number of likely N-dealkylation sites (N-methyl/N-ethyl adjacent to an activating group) is 1. The molecule has 0 aromatic heterocycles. The number of unbranched alkanes of at least 4 members (excludes halogenated alkanes) is 26. The average molecular weight is 934 g/mol. The molecule has 0 heterocycles. The molecule has 0 saturated carbocycles. The maximum Gasteiger partial charge on any atom is 0.306 e. The van der Waals surface area contributed by atoms with Crippen LogP contribution in [0.25, 0.3) is 0 Å². The molecule has 0 aromatic carbocycles. The van der Waals surface area contributed by atoms with Crippen molar-refractivity contribution in [2.24, 2.45) is 0 Å². The van der Waals surface area contributed by atoms with Gasteiger partial charge < -0.3 is 27.9 Å². The van der Waals surface area contributed by atoms with Crippen LogP contribution >= 0.6 is 7.82 Å². The van der Waals surface area contributed by atoms with Crippen LogP contribution in [0.5, 0.6) is 0 Å². The topological polar surface area (TPSA) is 94.1 Å². The van der Waals surface area contributed by atoms with E-state index >= 15 is 0 Å². The van der Waals surface area contributed by atoms with Gasteiger partial charge in [0.15, 0.2) is 0 Å². The minimum atomic E-state index is -4.53. The van der Waals surface area contributed by atoms with Crippen molar-refractivity contribution in [3.63, 3.8) is 0 Å². The molecule has 0 aromatic rings. The first-order valence-corrected chi connectivity index (χ1v) is 28.5. The monoisotopic (exact) mass is 934 g/mol. The largest absolute Gasteiger partial charge is 0.756 e. The second-order valence-electron chi connectivity index (χ2n) is 19.2. The van der Waals surface area contributed by atoms with Gasteiger partial charge in [0.05, 0.1) is 34.4 Å². The lowest BCUT2D eigenvalue weighted by Gasteiger charge is -2.28. The summed E-state index contributed by atoms with van der Waals surface area (Å²) in [6.07, 6.45) is 62.5. The zero-order valence-electron chi connectivity index (χ0n) is 43.2. The Labute approximate surface area is 402 Å². The van der Waals surface area contributed by atoms with E-state index in [1.165, 1.54) is 154 Å². The number of carbonyl (C=O) groups is 1. The minimum Gasteiger partial charge on any atom is -0.756 e. The van der Waals surface area contributed by atoms with Crippen LogP contribution in [0.1, 0.15) is 232 Å². The van der Waals surface area contributed by atoms with E-state index in [1.54, 1.807) is 0 Å². The van der Waals surface area contributed by atoms with Crippen LogP contribution < -0.4 is 4.89 Å². The summed E-state index contributed by atoms with van der Waals surface area (Å²) in [7, 11) is 1.35. The van der Waals surface area contributed by atoms with Crippen LogP contribution in [0.4, 0.5) is 0 Å². The number of phosphoric ester groups is 1. The fraction of sp³-hybridized carbons (Fsp3) is 0.804. The van der Waals surface area contributed by atoms with Crippen molar-refractivity contribution >= 4 is 13.8 Å². The molecule has 0 bridgehead atoms. The van der Waals surface area contributed by atoms with Crippen molar-refractivity contribution in [3.8, 4) is 0 Å². The van der Waals surface area contributed by atoms with E-state index in [1.807, 2.05) is 21.1 Å². The number of hydrogen-bond acceptors (Lipinski definition) is 7. The highest BCUT2D eigenvalue weighted by molar-refractivity contribution is 7.45. The summed E-state index contributed by atoms with van der Waals surface area (Å²) in [5, 5.41) is 0. The zero-order valence-corrected chi connectivity index (χ0v) is 44.1. The molecule has 65 heavy (non-hydrogen) atoms. The smallest absolute Gasteiger partial charge is 0.306 e. The van der Waals surface area contributed by atoms with Crippen molar-refractivity contribution in [2.75, 3.05) is 54.1 Å². The van der Waals surface area contributed by atoms with Crippen LogP contribution in [-0.2, 0) is 27.9 Å². The maximum atomic E-state index is 12.8. The lowest BCUT2D eigenvalue weighted by molar-refractivity contribution is -0.870. The molecular formula is C56H104NO7P. The van der Waals surface area contributed by atoms with Gasteiger partial charge in [0.25, 0.3) is 7.82 Å². The molecule has 0 fully saturated rings. The number of ether oxygens (including phenoxy) is 2. The molecule has 0 saturated heterocycles. The molecule has 0 radical (unpaired) electrons. The number of rotatable bonds is 50. The van der Waals surface area contributed by atoms with E-state index in [9.17, 15) is 14.3 Å². The number of phosphoric acid groups is 1. The lowest BCUT2D eigenvalue weighted by Crippen LogP contribution is -2.37. The third kappa shape index (κ3) is 53.0. The van der Waals surface area contributed by atoms with Crippen LogP contribution in [0, 0.1) is 0 Å². The molecular weight excluding hydrogens is 830 g/mol. The number of allylic oxidation sites excluding steroid dienone is 10. The van der Waals surface area contributed by atoms with Crippen molar-refractivity contribution in [1.29, 1.82) is 0 Å². The van der Waals surface area contributed by atoms with Crippen LogP contribution in [0.2, 0.25) is 0 Å². The summed E-state index contributed by atoms with van der Waals surface area (Å²) in [6.45, 7) is 5.31. The molecule has 0 N–H and O–H groups in total. The standard InChI is InChI=1S/C56H104NO7P/c1-6-8-10-12-14-16-18-20-22-24-26-27-28-29-30-31-32-33-35-37-39-41-43-45-47-49-56(58)64-55(54-63-65(59,60)62-52-50-57(3,4)5)53-61-51-48-46-44-42-40-38-36-34-25-23-21-19-17-15-13-11-9-7-2/h8,10,14,16,20-23,26-27,55H,6-7,9,11-13,15,17-19,24-25,28-54H2,1-5H3/b10-8-,16-14-,22-20-,23-21-,27-26-. The molecule has 0 amide bonds. The predicted molar refractivity (Wildman–Crippen MR) is 277 cm³/mol. The fourth-order valence-electron chi connectivity index (χ4n) is 7.42. The van der Waals surface area contributed by atoms with E-state index in [0.717, 1.165) is 57.8 Å². The van der Waals surface area contributed by atoms with Crippen molar-refractivity contribution < 1.29 is 37.3 Å². The van der Waals surface area contributed by atoms with Gasteiger partial charge in [0, 0.05) is 13.0 Å². The Bertz CT molecular complexity index is 1220. The SMILES string of the molecule is CC/C=C\C/C=C\C/C=C\C/C=C\CCCCCCCCCCCCCCC(=O)OC(COCCCCCCCCCC/C=C\CCCCCCCC)COP(=O)([O-])OCC[N+](C)(C)C. The van der Waals surface area contributed by atoms with Crippen molar-refractivity contribution in [2.45, 2.75) is 238 Å². The first kappa shape index (κ1) is 63.2. The Morgan fingerprint density at radius 3 is 1.35 bits per heavy atom. The van der Waals surface area contributed by atoms with Gasteiger partial charge in [0.2, 0.25) is 0 Å². The van der Waals surface area contributed by atoms with Crippen LogP contribution in [0.15, 0.2) is 60.8 Å². The van der Waals surface area contributed by atoms with Gasteiger partial charge in [0.1, 0.15) is 19.3 Å². The third-order valence-electron chi connectivity index (χ3n) is 11.6. The van der Waals surface area contributed by atoms with Gasteiger partial charge in [-0.25, -0.2) is 0 Å². The number of nitrogens with zero attached hydrogens (tertiary/aromatic N) is 1. The summed E-state index contributed by atoms with van der Waals surface area (Å²) < 4.78 is 34.8. The molecule has 0 rings (SSSR count). The van der Waals surface area contributed by atoms with Gasteiger partial charge in [-0.15, -0.1) is 0 Å². The third-order valence-corrected chi connectivity index (χ3v) is 12.5. The fourth-order valence-corrected chi connectivity index (χ4v) is 8.14. The molecule has 9 heteroatoms. The second-order valence-corrected chi connectivity index (χ2v) is 20.6. The molecule has 8 nitrogen and oxygen atoms in total. The van der Waals surface area contributed by atoms with Crippen LogP contribution in [-0.4, -0.2) is 70.7 Å². The van der Waals surface area contributed by atoms with Gasteiger partial charge in [-0.1, -0.05) is 209 Å². The number of hydrogen-bond donors (Lipinski definition) is 0. The predicted octanol–water partition coefficient (Wildman–Crippen LogP) is 16.2. The summed E-state index contributed by atoms with van der Waals surface area (Å²) in [4.78, 5) is 25.2. The maximum absolute atomic E-state index is 12.8. The zero-order chi connectivity index (χ0) is 47.6. The molecule has 0 aliphatic rings. The number of quaternary nitrogens is 1. The minimum absolute atomic E-state index is 0.0240. The quantitative estimate of drug-likeness (QED) is 0.0197. The normalized spacial score (nSPS) is 14.0. The van der Waals surface area contributed by atoms with E-state index < -0.39 is 13.9 Å². The van der Waals surface area contributed by atoms with Crippen molar-refractivity contribution in [3.05, 3.63) is 60.8 Å². The Hall–Kier alpha value is -1.80. The summed E-state index contributed by atoms with van der Waals surface area (Å²) in [5.41, 5.74) is 0. The van der Waals surface area contributed by atoms with Gasteiger partial charge in [-0.2, -0.15) is 0 Å². The summed E-state index contributed by atoms with van der Waals surface area (Å²) in [6, 6.07) is 0. The Morgan fingerprint density at radius 1 is 0.492 bits per heavy atom. The second kappa shape index (κ2) is 48.6. The number of carbonyl (C=O) groups excluding carboxylic acids is 1. The number of esters is 1. The molecule has 2 atom stereocenters. The lowest BCUT2D eigenvalue weighted by atomic mass is 10.0. The van der Waals surface area contributed by atoms with Gasteiger partial charge >= 0.3 is 5.97 Å². The van der Waals surface area contributed by atoms with E-state index in [2.05, 4.69) is 74.6 Å². The summed E-state index contributed by atoms with van der Waals surface area (Å²) >= 11 is 0. The van der Waals surface area contributed by atoms with E-state index in [0.29, 0.717) is 24.1 Å². The van der Waals surface area contributed by atoms with E-state index in [4.69, 9.17) is 18.5 Å².